The predicted molar refractivity (Wildman–Crippen MR) is 73.5 cm³/mol. The van der Waals surface area contributed by atoms with Crippen LogP contribution in [0.3, 0.4) is 0 Å². The molecule has 0 aliphatic heterocycles. The van der Waals surface area contributed by atoms with E-state index in [-0.39, 0.29) is 0 Å². The molecule has 0 bridgehead atoms. The molecule has 0 saturated heterocycles. The van der Waals surface area contributed by atoms with Crippen LogP contribution >= 0.6 is 0 Å². The summed E-state index contributed by atoms with van der Waals surface area (Å²) in [5, 5.41) is 12.3. The molecule has 0 atom stereocenters. The highest BCUT2D eigenvalue weighted by molar-refractivity contribution is 5.81. The van der Waals surface area contributed by atoms with Gasteiger partial charge in [0.2, 0.25) is 0 Å². The van der Waals surface area contributed by atoms with E-state index in [1.807, 2.05) is 48.5 Å². The fourth-order valence-electron chi connectivity index (χ4n) is 1.75. The molecule has 0 saturated carbocycles. The van der Waals surface area contributed by atoms with Crippen LogP contribution in [0.25, 0.3) is 11.0 Å². The van der Waals surface area contributed by atoms with E-state index in [1.54, 1.807) is 13.3 Å². The maximum Gasteiger partial charge on any atom is 0.118 e. The van der Waals surface area contributed by atoms with Crippen LogP contribution in [-0.2, 0) is 0 Å². The molecule has 0 unspecified atom stereocenters. The topological polar surface area (TPSA) is 52.3 Å². The highest BCUT2D eigenvalue weighted by Crippen LogP contribution is 2.11. The number of fused-ring (bicyclic) bond motifs is 1. The smallest absolute Gasteiger partial charge is 0.118 e. The number of methoxy groups -OCH3 is 1. The van der Waals surface area contributed by atoms with Gasteiger partial charge in [0.1, 0.15) is 16.8 Å². The summed E-state index contributed by atoms with van der Waals surface area (Å²) in [6.07, 6.45) is 1.74. The van der Waals surface area contributed by atoms with Gasteiger partial charge in [0.25, 0.3) is 0 Å². The van der Waals surface area contributed by atoms with Crippen LogP contribution in [0.1, 0.15) is 5.56 Å². The third-order valence-electron chi connectivity index (χ3n) is 2.77. The summed E-state index contributed by atoms with van der Waals surface area (Å²) in [5.41, 5.74) is 2.68. The first kappa shape index (κ1) is 11.4. The number of rotatable bonds is 3. The van der Waals surface area contributed by atoms with Crippen molar-refractivity contribution in [2.24, 2.45) is 5.10 Å². The van der Waals surface area contributed by atoms with Crippen LogP contribution < -0.4 is 4.74 Å². The van der Waals surface area contributed by atoms with E-state index in [4.69, 9.17) is 4.74 Å². The van der Waals surface area contributed by atoms with Gasteiger partial charge in [0, 0.05) is 0 Å². The molecule has 3 rings (SSSR count). The van der Waals surface area contributed by atoms with Crippen LogP contribution in [0, 0.1) is 0 Å². The highest BCUT2D eigenvalue weighted by atomic mass is 16.5. The van der Waals surface area contributed by atoms with Gasteiger partial charge in [-0.15, -0.1) is 9.89 Å². The van der Waals surface area contributed by atoms with Crippen LogP contribution in [0.4, 0.5) is 0 Å². The lowest BCUT2D eigenvalue weighted by Gasteiger charge is -1.98. The van der Waals surface area contributed by atoms with Crippen LogP contribution in [0.15, 0.2) is 53.6 Å². The average molecular weight is 252 g/mol. The molecular weight excluding hydrogens is 240 g/mol. The molecule has 2 aromatic carbocycles. The van der Waals surface area contributed by atoms with Gasteiger partial charge in [0.15, 0.2) is 0 Å². The molecule has 5 nitrogen and oxygen atoms in total. The summed E-state index contributed by atoms with van der Waals surface area (Å²) in [6, 6.07) is 15.3. The van der Waals surface area contributed by atoms with Crippen molar-refractivity contribution in [1.29, 1.82) is 0 Å². The summed E-state index contributed by atoms with van der Waals surface area (Å²) in [6.45, 7) is 0. The van der Waals surface area contributed by atoms with Crippen LogP contribution in [0.2, 0.25) is 0 Å². The van der Waals surface area contributed by atoms with Crippen molar-refractivity contribution in [3.05, 3.63) is 54.1 Å². The van der Waals surface area contributed by atoms with Crippen LogP contribution in [-0.4, -0.2) is 28.4 Å². The first-order valence-electron chi connectivity index (χ1n) is 5.86. The summed E-state index contributed by atoms with van der Waals surface area (Å²) in [7, 11) is 1.64. The lowest BCUT2D eigenvalue weighted by Crippen LogP contribution is -1.93. The lowest BCUT2D eigenvalue weighted by atomic mass is 10.2. The molecule has 0 amide bonds. The zero-order chi connectivity index (χ0) is 13.1. The second kappa shape index (κ2) is 4.89. The lowest BCUT2D eigenvalue weighted by molar-refractivity contribution is 0.415. The molecule has 19 heavy (non-hydrogen) atoms. The number of nitrogens with zero attached hydrogens (tertiary/aromatic N) is 4. The number of para-hydroxylation sites is 1. The monoisotopic (exact) mass is 252 g/mol. The molecule has 3 aromatic rings. The predicted octanol–water partition coefficient (Wildman–Crippen LogP) is 2.32. The third-order valence-corrected chi connectivity index (χ3v) is 2.77. The standard InChI is InChI=1S/C14H12N4O/c1-19-12-8-6-11(7-9-12)10-15-18-14-5-3-2-4-13(14)16-17-18/h2-10H,1H3. The van der Waals surface area contributed by atoms with Crippen molar-refractivity contribution in [2.75, 3.05) is 7.11 Å². The second-order valence-electron chi connectivity index (χ2n) is 3.99. The molecule has 0 aliphatic carbocycles. The highest BCUT2D eigenvalue weighted by Gasteiger charge is 2.00. The minimum absolute atomic E-state index is 0.823. The molecule has 0 N–H and O–H groups in total. The molecule has 94 valence electrons. The Balaban J connectivity index is 1.89. The molecule has 1 aromatic heterocycles. The van der Waals surface area contributed by atoms with Crippen LogP contribution in [0.5, 0.6) is 5.75 Å². The van der Waals surface area contributed by atoms with Gasteiger partial charge in [-0.3, -0.25) is 0 Å². The Bertz CT molecular complexity index is 716. The molecule has 0 spiro atoms. The van der Waals surface area contributed by atoms with Gasteiger partial charge in [-0.05, 0) is 47.2 Å². The Labute approximate surface area is 110 Å². The average Bonchev–Trinajstić information content (AvgIpc) is 2.89. The SMILES string of the molecule is COc1ccc(C=Nn2nnc3ccccc32)cc1. The van der Waals surface area contributed by atoms with E-state index < -0.39 is 0 Å². The molecular formula is C14H12N4O. The fourth-order valence-corrected chi connectivity index (χ4v) is 1.75. The minimum atomic E-state index is 0.823. The Morgan fingerprint density at radius 3 is 2.68 bits per heavy atom. The van der Waals surface area contributed by atoms with Gasteiger partial charge in [-0.1, -0.05) is 12.1 Å². The maximum absolute atomic E-state index is 5.11. The second-order valence-corrected chi connectivity index (χ2v) is 3.99. The molecule has 0 radical (unpaired) electrons. The number of hydrogen-bond acceptors (Lipinski definition) is 4. The van der Waals surface area contributed by atoms with E-state index in [0.29, 0.717) is 0 Å². The van der Waals surface area contributed by atoms with Crippen molar-refractivity contribution in [3.8, 4) is 5.75 Å². The van der Waals surface area contributed by atoms with Gasteiger partial charge in [0.05, 0.1) is 13.3 Å². The van der Waals surface area contributed by atoms with Crippen molar-refractivity contribution in [3.63, 3.8) is 0 Å². The summed E-state index contributed by atoms with van der Waals surface area (Å²) in [5.74, 6) is 0.823. The normalized spacial score (nSPS) is 11.2. The summed E-state index contributed by atoms with van der Waals surface area (Å²) < 4.78 is 5.11. The number of ether oxygens (including phenoxy) is 1. The first-order chi connectivity index (χ1) is 9.36. The van der Waals surface area contributed by atoms with Crippen molar-refractivity contribution in [2.45, 2.75) is 0 Å². The van der Waals surface area contributed by atoms with E-state index in [2.05, 4.69) is 15.4 Å². The molecule has 5 heteroatoms. The van der Waals surface area contributed by atoms with Crippen molar-refractivity contribution < 1.29 is 4.74 Å². The van der Waals surface area contributed by atoms with E-state index in [9.17, 15) is 0 Å². The Kier molecular flexibility index (Phi) is 2.94. The first-order valence-corrected chi connectivity index (χ1v) is 5.86. The van der Waals surface area contributed by atoms with E-state index in [0.717, 1.165) is 22.3 Å². The van der Waals surface area contributed by atoms with Gasteiger partial charge in [-0.2, -0.15) is 5.10 Å². The summed E-state index contributed by atoms with van der Waals surface area (Å²) in [4.78, 5) is 1.51. The number of benzene rings is 2. The quantitative estimate of drug-likeness (QED) is 0.672. The largest absolute Gasteiger partial charge is 0.497 e. The summed E-state index contributed by atoms with van der Waals surface area (Å²) >= 11 is 0. The van der Waals surface area contributed by atoms with Crippen molar-refractivity contribution in [1.82, 2.24) is 15.1 Å². The van der Waals surface area contributed by atoms with E-state index >= 15 is 0 Å². The number of hydrogen-bond donors (Lipinski definition) is 0. The Hall–Kier alpha value is -2.69. The zero-order valence-corrected chi connectivity index (χ0v) is 10.4. The van der Waals surface area contributed by atoms with Crippen molar-refractivity contribution >= 4 is 17.2 Å². The Morgan fingerprint density at radius 1 is 1.11 bits per heavy atom. The van der Waals surface area contributed by atoms with Gasteiger partial charge < -0.3 is 4.74 Å². The van der Waals surface area contributed by atoms with E-state index in [1.165, 1.54) is 4.79 Å². The van der Waals surface area contributed by atoms with Gasteiger partial charge in [-0.25, -0.2) is 0 Å². The fraction of sp³-hybridized carbons (Fsp3) is 0.0714. The number of aromatic nitrogens is 3. The Morgan fingerprint density at radius 2 is 1.89 bits per heavy atom. The molecule has 0 aliphatic rings. The third kappa shape index (κ3) is 2.30. The molecule has 0 fully saturated rings. The molecule has 1 heterocycles. The maximum atomic E-state index is 5.11. The van der Waals surface area contributed by atoms with Gasteiger partial charge >= 0.3 is 0 Å². The zero-order valence-electron chi connectivity index (χ0n) is 10.4. The minimum Gasteiger partial charge on any atom is -0.497 e.